The van der Waals surface area contributed by atoms with Crippen LogP contribution in [0.5, 0.6) is 0 Å². The highest BCUT2D eigenvalue weighted by Crippen LogP contribution is 2.37. The quantitative estimate of drug-likeness (QED) is 0.431. The number of nitrogens with one attached hydrogen (secondary N) is 2. The maximum Gasteiger partial charge on any atom is 0.242 e. The number of thioether (sulfide) groups is 1. The lowest BCUT2D eigenvalue weighted by atomic mass is 10.1. The summed E-state index contributed by atoms with van der Waals surface area (Å²) in [5.74, 6) is -1.03. The van der Waals surface area contributed by atoms with Gasteiger partial charge in [0.05, 0.1) is 5.69 Å². The SMILES string of the molecule is CC(=O)Nc1cccc(SC(C(=O)Nc2ccc(Br)cc2F)c2ccccc2)c1. The average molecular weight is 473 g/mol. The summed E-state index contributed by atoms with van der Waals surface area (Å²) in [6.07, 6.45) is 0. The molecular formula is C22H18BrFN2O2S. The molecule has 1 atom stereocenters. The molecule has 2 amide bonds. The predicted molar refractivity (Wildman–Crippen MR) is 119 cm³/mol. The molecule has 3 rings (SSSR count). The van der Waals surface area contributed by atoms with Gasteiger partial charge in [0, 0.05) is 22.0 Å². The minimum absolute atomic E-state index is 0.117. The van der Waals surface area contributed by atoms with Gasteiger partial charge in [-0.25, -0.2) is 4.39 Å². The monoisotopic (exact) mass is 472 g/mol. The Hall–Kier alpha value is -2.64. The van der Waals surface area contributed by atoms with Crippen LogP contribution in [0.25, 0.3) is 0 Å². The zero-order valence-corrected chi connectivity index (χ0v) is 17.9. The molecule has 4 nitrogen and oxygen atoms in total. The van der Waals surface area contributed by atoms with Gasteiger partial charge in [-0.1, -0.05) is 52.3 Å². The molecule has 2 N–H and O–H groups in total. The summed E-state index contributed by atoms with van der Waals surface area (Å²) in [5, 5.41) is 4.81. The highest BCUT2D eigenvalue weighted by atomic mass is 79.9. The van der Waals surface area contributed by atoms with Gasteiger partial charge in [-0.2, -0.15) is 0 Å². The van der Waals surface area contributed by atoms with Gasteiger partial charge in [-0.3, -0.25) is 9.59 Å². The number of amides is 2. The number of anilines is 2. The lowest BCUT2D eigenvalue weighted by Crippen LogP contribution is -2.19. The Kier molecular flexibility index (Phi) is 7.06. The van der Waals surface area contributed by atoms with Crippen LogP contribution in [0.3, 0.4) is 0 Å². The van der Waals surface area contributed by atoms with Crippen molar-refractivity contribution in [1.82, 2.24) is 0 Å². The van der Waals surface area contributed by atoms with E-state index in [-0.39, 0.29) is 17.5 Å². The Morgan fingerprint density at radius 3 is 2.41 bits per heavy atom. The van der Waals surface area contributed by atoms with Crippen LogP contribution in [0.2, 0.25) is 0 Å². The number of carbonyl (C=O) groups is 2. The van der Waals surface area contributed by atoms with E-state index in [2.05, 4.69) is 26.6 Å². The lowest BCUT2D eigenvalue weighted by molar-refractivity contribution is -0.116. The third kappa shape index (κ3) is 5.92. The van der Waals surface area contributed by atoms with Crippen LogP contribution in [0, 0.1) is 5.82 Å². The minimum Gasteiger partial charge on any atom is -0.326 e. The standard InChI is InChI=1S/C22H18BrFN2O2S/c1-14(27)25-17-8-5-9-18(13-17)29-21(15-6-3-2-4-7-15)22(28)26-20-11-10-16(23)12-19(20)24/h2-13,21H,1H3,(H,25,27)(H,26,28). The molecule has 3 aromatic rings. The molecule has 0 fully saturated rings. The fraction of sp³-hybridized carbons (Fsp3) is 0.0909. The van der Waals surface area contributed by atoms with E-state index in [0.29, 0.717) is 10.2 Å². The number of carbonyl (C=O) groups excluding carboxylic acids is 2. The molecule has 0 spiro atoms. The topological polar surface area (TPSA) is 58.2 Å². The van der Waals surface area contributed by atoms with E-state index in [1.807, 2.05) is 42.5 Å². The molecule has 0 bridgehead atoms. The molecule has 1 unspecified atom stereocenters. The van der Waals surface area contributed by atoms with Crippen LogP contribution in [0.4, 0.5) is 15.8 Å². The largest absolute Gasteiger partial charge is 0.326 e. The summed E-state index contributed by atoms with van der Waals surface area (Å²) >= 11 is 4.53. The minimum atomic E-state index is -0.605. The number of hydrogen-bond donors (Lipinski definition) is 2. The fourth-order valence-corrected chi connectivity index (χ4v) is 4.09. The molecule has 0 aliphatic rings. The Bertz CT molecular complexity index is 1030. The van der Waals surface area contributed by atoms with E-state index in [0.717, 1.165) is 10.5 Å². The Morgan fingerprint density at radius 1 is 0.966 bits per heavy atom. The predicted octanol–water partition coefficient (Wildman–Crippen LogP) is 6.02. The van der Waals surface area contributed by atoms with Crippen LogP contribution in [0.1, 0.15) is 17.7 Å². The van der Waals surface area contributed by atoms with Crippen molar-refractivity contribution in [3.8, 4) is 0 Å². The van der Waals surface area contributed by atoms with Gasteiger partial charge in [-0.05, 0) is 42.0 Å². The zero-order valence-electron chi connectivity index (χ0n) is 15.5. The third-order valence-electron chi connectivity index (χ3n) is 3.94. The van der Waals surface area contributed by atoms with Crippen molar-refractivity contribution >= 4 is 50.9 Å². The molecule has 148 valence electrons. The van der Waals surface area contributed by atoms with Gasteiger partial charge in [0.1, 0.15) is 11.1 Å². The van der Waals surface area contributed by atoms with Crippen molar-refractivity contribution in [2.24, 2.45) is 0 Å². The van der Waals surface area contributed by atoms with E-state index in [1.165, 1.54) is 30.8 Å². The van der Waals surface area contributed by atoms with Crippen LogP contribution < -0.4 is 10.6 Å². The van der Waals surface area contributed by atoms with Gasteiger partial charge in [0.15, 0.2) is 0 Å². The molecule has 0 aromatic heterocycles. The molecule has 0 saturated heterocycles. The van der Waals surface area contributed by atoms with Crippen molar-refractivity contribution in [2.45, 2.75) is 17.1 Å². The Balaban J connectivity index is 1.87. The summed E-state index contributed by atoms with van der Waals surface area (Å²) in [6.45, 7) is 1.44. The van der Waals surface area contributed by atoms with Gasteiger partial charge in [0.2, 0.25) is 11.8 Å². The van der Waals surface area contributed by atoms with Crippen LogP contribution in [-0.2, 0) is 9.59 Å². The average Bonchev–Trinajstić information content (AvgIpc) is 2.68. The smallest absolute Gasteiger partial charge is 0.242 e. The second-order valence-electron chi connectivity index (χ2n) is 6.23. The van der Waals surface area contributed by atoms with Gasteiger partial charge < -0.3 is 10.6 Å². The summed E-state index contributed by atoms with van der Waals surface area (Å²) in [4.78, 5) is 25.2. The van der Waals surface area contributed by atoms with Crippen molar-refractivity contribution in [2.75, 3.05) is 10.6 Å². The van der Waals surface area contributed by atoms with Crippen molar-refractivity contribution in [1.29, 1.82) is 0 Å². The number of halogens is 2. The molecular weight excluding hydrogens is 455 g/mol. The van der Waals surface area contributed by atoms with E-state index < -0.39 is 11.1 Å². The van der Waals surface area contributed by atoms with Gasteiger partial charge in [-0.15, -0.1) is 11.8 Å². The highest BCUT2D eigenvalue weighted by Gasteiger charge is 2.23. The van der Waals surface area contributed by atoms with Crippen molar-refractivity contribution < 1.29 is 14.0 Å². The molecule has 0 radical (unpaired) electrons. The molecule has 29 heavy (non-hydrogen) atoms. The normalized spacial score (nSPS) is 11.6. The Labute approximate surface area is 181 Å². The second kappa shape index (κ2) is 9.71. The van der Waals surface area contributed by atoms with Gasteiger partial charge in [0.25, 0.3) is 0 Å². The number of benzene rings is 3. The number of rotatable bonds is 6. The first-order valence-corrected chi connectivity index (χ1v) is 10.4. The summed E-state index contributed by atoms with van der Waals surface area (Å²) in [6, 6.07) is 21.0. The van der Waals surface area contributed by atoms with Crippen LogP contribution in [0.15, 0.2) is 82.2 Å². The molecule has 0 aliphatic heterocycles. The third-order valence-corrected chi connectivity index (χ3v) is 5.68. The first-order chi connectivity index (χ1) is 13.9. The van der Waals surface area contributed by atoms with Gasteiger partial charge >= 0.3 is 0 Å². The second-order valence-corrected chi connectivity index (χ2v) is 8.33. The summed E-state index contributed by atoms with van der Waals surface area (Å²) in [7, 11) is 0. The summed E-state index contributed by atoms with van der Waals surface area (Å²) in [5.41, 5.74) is 1.55. The van der Waals surface area contributed by atoms with E-state index in [1.54, 1.807) is 18.2 Å². The highest BCUT2D eigenvalue weighted by molar-refractivity contribution is 9.10. The first kappa shape index (κ1) is 21.1. The van der Waals surface area contributed by atoms with E-state index in [4.69, 9.17) is 0 Å². The van der Waals surface area contributed by atoms with E-state index in [9.17, 15) is 14.0 Å². The molecule has 0 saturated carbocycles. The van der Waals surface area contributed by atoms with Crippen molar-refractivity contribution in [3.63, 3.8) is 0 Å². The zero-order chi connectivity index (χ0) is 20.8. The molecule has 7 heteroatoms. The van der Waals surface area contributed by atoms with Crippen LogP contribution in [-0.4, -0.2) is 11.8 Å². The first-order valence-electron chi connectivity index (χ1n) is 8.77. The number of hydrogen-bond acceptors (Lipinski definition) is 3. The fourth-order valence-electron chi connectivity index (χ4n) is 2.68. The Morgan fingerprint density at radius 2 is 1.72 bits per heavy atom. The van der Waals surface area contributed by atoms with Crippen LogP contribution >= 0.6 is 27.7 Å². The molecule has 3 aromatic carbocycles. The summed E-state index contributed by atoms with van der Waals surface area (Å²) < 4.78 is 14.8. The van der Waals surface area contributed by atoms with Crippen molar-refractivity contribution in [3.05, 3.63) is 88.6 Å². The van der Waals surface area contributed by atoms with E-state index >= 15 is 0 Å². The lowest BCUT2D eigenvalue weighted by Gasteiger charge is -2.18. The molecule has 0 aliphatic carbocycles. The maximum atomic E-state index is 14.2. The molecule has 0 heterocycles. The maximum absolute atomic E-state index is 14.2.